The second kappa shape index (κ2) is 8.49. The zero-order chi connectivity index (χ0) is 18.5. The number of hydrogen-bond donors (Lipinski definition) is 1. The molecule has 1 heterocycles. The van der Waals surface area contributed by atoms with E-state index < -0.39 is 0 Å². The summed E-state index contributed by atoms with van der Waals surface area (Å²) in [5.74, 6) is 0.502. The van der Waals surface area contributed by atoms with Gasteiger partial charge in [0.15, 0.2) is 0 Å². The number of hydrogen-bond acceptors (Lipinski definition) is 3. The van der Waals surface area contributed by atoms with Crippen molar-refractivity contribution in [2.45, 2.75) is 51.9 Å². The van der Waals surface area contributed by atoms with E-state index in [0.717, 1.165) is 18.4 Å². The molecule has 1 aliphatic heterocycles. The summed E-state index contributed by atoms with van der Waals surface area (Å²) < 4.78 is 5.69. The number of carbonyl (C=O) groups excluding carboxylic acids is 2. The SMILES string of the molecule is C[C@@H]1CN(C(=O)c2ccc(CNC(=O)C[C@@H]3C=CCC3)cc2)C[C@H](C)O1. The molecular weight excluding hydrogens is 328 g/mol. The minimum absolute atomic E-state index is 0.0376. The van der Waals surface area contributed by atoms with Gasteiger partial charge in [0.05, 0.1) is 12.2 Å². The van der Waals surface area contributed by atoms with Crippen LogP contribution in [0.1, 0.15) is 49.0 Å². The summed E-state index contributed by atoms with van der Waals surface area (Å²) in [5.41, 5.74) is 1.68. The van der Waals surface area contributed by atoms with E-state index in [0.29, 0.717) is 37.5 Å². The van der Waals surface area contributed by atoms with Crippen LogP contribution in [-0.2, 0) is 16.1 Å². The van der Waals surface area contributed by atoms with E-state index in [1.807, 2.05) is 43.0 Å². The number of benzene rings is 1. The summed E-state index contributed by atoms with van der Waals surface area (Å²) in [7, 11) is 0. The van der Waals surface area contributed by atoms with E-state index in [2.05, 4.69) is 17.5 Å². The molecule has 1 saturated heterocycles. The van der Waals surface area contributed by atoms with Crippen LogP contribution in [0.25, 0.3) is 0 Å². The third-order valence-electron chi connectivity index (χ3n) is 4.96. The smallest absolute Gasteiger partial charge is 0.254 e. The molecule has 0 spiro atoms. The third kappa shape index (κ3) is 4.94. The molecule has 0 aromatic heterocycles. The molecule has 5 nitrogen and oxygen atoms in total. The zero-order valence-corrected chi connectivity index (χ0v) is 15.6. The van der Waals surface area contributed by atoms with E-state index in [-0.39, 0.29) is 24.0 Å². The highest BCUT2D eigenvalue weighted by molar-refractivity contribution is 5.94. The molecule has 0 saturated carbocycles. The highest BCUT2D eigenvalue weighted by Crippen LogP contribution is 2.20. The lowest BCUT2D eigenvalue weighted by molar-refractivity contribution is -0.121. The lowest BCUT2D eigenvalue weighted by atomic mass is 10.0. The Kier molecular flexibility index (Phi) is 6.09. The Labute approximate surface area is 155 Å². The minimum Gasteiger partial charge on any atom is -0.372 e. The number of allylic oxidation sites excluding steroid dienone is 2. The Morgan fingerprint density at radius 2 is 1.85 bits per heavy atom. The normalized spacial score (nSPS) is 25.3. The van der Waals surface area contributed by atoms with Crippen molar-refractivity contribution in [3.8, 4) is 0 Å². The van der Waals surface area contributed by atoms with Gasteiger partial charge in [-0.3, -0.25) is 9.59 Å². The monoisotopic (exact) mass is 356 g/mol. The van der Waals surface area contributed by atoms with Crippen LogP contribution in [0.15, 0.2) is 36.4 Å². The quantitative estimate of drug-likeness (QED) is 0.825. The molecule has 5 heteroatoms. The van der Waals surface area contributed by atoms with Crippen molar-refractivity contribution in [1.29, 1.82) is 0 Å². The largest absolute Gasteiger partial charge is 0.372 e. The topological polar surface area (TPSA) is 58.6 Å². The summed E-state index contributed by atoms with van der Waals surface area (Å²) in [4.78, 5) is 26.5. The predicted molar refractivity (Wildman–Crippen MR) is 101 cm³/mol. The van der Waals surface area contributed by atoms with Gasteiger partial charge in [-0.25, -0.2) is 0 Å². The Balaban J connectivity index is 1.50. The standard InChI is InChI=1S/C21H28N2O3/c1-15-13-23(14-16(2)26-15)21(25)19-9-7-18(8-10-19)12-22-20(24)11-17-5-3-4-6-17/h3,5,7-10,15-17H,4,6,11-14H2,1-2H3,(H,22,24)/t15-,16+,17-/m1/s1. The van der Waals surface area contributed by atoms with E-state index in [4.69, 9.17) is 4.74 Å². The molecule has 26 heavy (non-hydrogen) atoms. The van der Waals surface area contributed by atoms with E-state index in [9.17, 15) is 9.59 Å². The van der Waals surface area contributed by atoms with Crippen LogP contribution in [0.2, 0.25) is 0 Å². The molecule has 2 aliphatic rings. The molecule has 1 aromatic rings. The molecule has 1 N–H and O–H groups in total. The molecule has 1 aromatic carbocycles. The van der Waals surface area contributed by atoms with Gasteiger partial charge in [-0.15, -0.1) is 0 Å². The van der Waals surface area contributed by atoms with Crippen LogP contribution in [0.3, 0.4) is 0 Å². The number of rotatable bonds is 5. The maximum absolute atomic E-state index is 12.7. The van der Waals surface area contributed by atoms with Crippen molar-refractivity contribution in [3.05, 3.63) is 47.5 Å². The van der Waals surface area contributed by atoms with Gasteiger partial charge in [0.2, 0.25) is 5.91 Å². The maximum Gasteiger partial charge on any atom is 0.254 e. The number of amides is 2. The van der Waals surface area contributed by atoms with Crippen LogP contribution in [0.4, 0.5) is 0 Å². The molecule has 1 aliphatic carbocycles. The molecule has 0 unspecified atom stereocenters. The Bertz CT molecular complexity index is 658. The first kappa shape index (κ1) is 18.6. The van der Waals surface area contributed by atoms with Gasteiger partial charge < -0.3 is 15.0 Å². The molecule has 0 radical (unpaired) electrons. The van der Waals surface area contributed by atoms with Gasteiger partial charge in [-0.05, 0) is 50.3 Å². The highest BCUT2D eigenvalue weighted by atomic mass is 16.5. The minimum atomic E-state index is 0.0376. The maximum atomic E-state index is 12.7. The first-order chi connectivity index (χ1) is 12.5. The first-order valence-electron chi connectivity index (χ1n) is 9.48. The molecular formula is C21H28N2O3. The van der Waals surface area contributed by atoms with E-state index in [1.165, 1.54) is 0 Å². The van der Waals surface area contributed by atoms with Gasteiger partial charge in [-0.1, -0.05) is 24.3 Å². The summed E-state index contributed by atoms with van der Waals surface area (Å²) >= 11 is 0. The summed E-state index contributed by atoms with van der Waals surface area (Å²) in [6, 6.07) is 7.51. The average molecular weight is 356 g/mol. The van der Waals surface area contributed by atoms with Crippen molar-refractivity contribution in [2.24, 2.45) is 5.92 Å². The zero-order valence-electron chi connectivity index (χ0n) is 15.6. The Morgan fingerprint density at radius 3 is 2.46 bits per heavy atom. The first-order valence-corrected chi connectivity index (χ1v) is 9.48. The van der Waals surface area contributed by atoms with E-state index in [1.54, 1.807) is 0 Å². The van der Waals surface area contributed by atoms with Crippen LogP contribution in [0.5, 0.6) is 0 Å². The van der Waals surface area contributed by atoms with Crippen LogP contribution in [0, 0.1) is 5.92 Å². The van der Waals surface area contributed by atoms with Crippen molar-refractivity contribution in [2.75, 3.05) is 13.1 Å². The van der Waals surface area contributed by atoms with Crippen LogP contribution < -0.4 is 5.32 Å². The molecule has 140 valence electrons. The van der Waals surface area contributed by atoms with E-state index >= 15 is 0 Å². The van der Waals surface area contributed by atoms with Gasteiger partial charge in [0.1, 0.15) is 0 Å². The number of carbonyl (C=O) groups is 2. The fraction of sp³-hybridized carbons (Fsp3) is 0.524. The summed E-state index contributed by atoms with van der Waals surface area (Å²) in [5, 5.41) is 2.96. The fourth-order valence-corrected chi connectivity index (χ4v) is 3.67. The van der Waals surface area contributed by atoms with Crippen molar-refractivity contribution >= 4 is 11.8 Å². The van der Waals surface area contributed by atoms with Gasteiger partial charge in [0.25, 0.3) is 5.91 Å². The van der Waals surface area contributed by atoms with Gasteiger partial charge in [0, 0.05) is 31.6 Å². The van der Waals surface area contributed by atoms with Crippen molar-refractivity contribution in [1.82, 2.24) is 10.2 Å². The van der Waals surface area contributed by atoms with Crippen molar-refractivity contribution < 1.29 is 14.3 Å². The Morgan fingerprint density at radius 1 is 1.15 bits per heavy atom. The summed E-state index contributed by atoms with van der Waals surface area (Å²) in [6.07, 6.45) is 7.10. The fourth-order valence-electron chi connectivity index (χ4n) is 3.67. The lowest BCUT2D eigenvalue weighted by Crippen LogP contribution is -2.48. The second-order valence-corrected chi connectivity index (χ2v) is 7.41. The van der Waals surface area contributed by atoms with Gasteiger partial charge in [-0.2, -0.15) is 0 Å². The molecule has 3 rings (SSSR count). The number of ether oxygens (including phenoxy) is 1. The predicted octanol–water partition coefficient (Wildman–Crippen LogP) is 2.91. The van der Waals surface area contributed by atoms with Crippen LogP contribution in [-0.4, -0.2) is 42.0 Å². The number of morpholine rings is 1. The molecule has 2 amide bonds. The molecule has 3 atom stereocenters. The second-order valence-electron chi connectivity index (χ2n) is 7.41. The van der Waals surface area contributed by atoms with Crippen molar-refractivity contribution in [3.63, 3.8) is 0 Å². The Hall–Kier alpha value is -2.14. The number of nitrogens with one attached hydrogen (secondary N) is 1. The number of nitrogens with zero attached hydrogens (tertiary/aromatic N) is 1. The highest BCUT2D eigenvalue weighted by Gasteiger charge is 2.26. The van der Waals surface area contributed by atoms with Gasteiger partial charge >= 0.3 is 0 Å². The van der Waals surface area contributed by atoms with Crippen LogP contribution >= 0.6 is 0 Å². The molecule has 1 fully saturated rings. The average Bonchev–Trinajstić information content (AvgIpc) is 3.12. The lowest BCUT2D eigenvalue weighted by Gasteiger charge is -2.35. The summed E-state index contributed by atoms with van der Waals surface area (Å²) in [6.45, 7) is 5.72. The third-order valence-corrected chi connectivity index (χ3v) is 4.96. The molecule has 0 bridgehead atoms.